The van der Waals surface area contributed by atoms with E-state index in [1.807, 2.05) is 21.1 Å². The highest BCUT2D eigenvalue weighted by molar-refractivity contribution is 7.47. The summed E-state index contributed by atoms with van der Waals surface area (Å²) in [5, 5.41) is 0. The van der Waals surface area contributed by atoms with Crippen molar-refractivity contribution < 1.29 is 42.1 Å². The molecule has 9 nitrogen and oxygen atoms in total. The van der Waals surface area contributed by atoms with Crippen LogP contribution >= 0.6 is 7.82 Å². The molecule has 2 atom stereocenters. The molecule has 0 radical (unpaired) electrons. The van der Waals surface area contributed by atoms with E-state index in [1.54, 1.807) is 0 Å². The first-order chi connectivity index (χ1) is 32.0. The van der Waals surface area contributed by atoms with Gasteiger partial charge in [-0.2, -0.15) is 0 Å². The molecule has 394 valence electrons. The standard InChI is InChI=1S/C56H112NO8P/c1-6-8-10-12-14-16-18-20-21-22-23-24-25-26-27-28-29-30-31-32-33-34-35-36-37-39-41-43-45-47-49-56(59)65-54(53-64-66(60,61)63-51-50-57(3,4)5)52-62-55(58)48-46-44-42-40-38-19-17-15-13-11-9-7-2/h54H,6-53H2,1-5H3/p+1. The van der Waals surface area contributed by atoms with Gasteiger partial charge < -0.3 is 18.9 Å². The minimum atomic E-state index is -4.37. The highest BCUT2D eigenvalue weighted by atomic mass is 31.2. The third kappa shape index (κ3) is 52.4. The van der Waals surface area contributed by atoms with Gasteiger partial charge in [-0.25, -0.2) is 4.57 Å². The molecule has 0 fully saturated rings. The Balaban J connectivity index is 3.97. The summed E-state index contributed by atoms with van der Waals surface area (Å²) in [7, 11) is 1.50. The normalized spacial score (nSPS) is 13.2. The molecule has 0 heterocycles. The number of carbonyl (C=O) groups is 2. The van der Waals surface area contributed by atoms with E-state index in [2.05, 4.69) is 13.8 Å². The number of unbranched alkanes of at least 4 members (excludes halogenated alkanes) is 40. The molecule has 66 heavy (non-hydrogen) atoms. The quantitative estimate of drug-likeness (QED) is 0.0278. The molecule has 0 aliphatic carbocycles. The van der Waals surface area contributed by atoms with Crippen LogP contribution in [0.2, 0.25) is 0 Å². The average molecular weight is 959 g/mol. The summed E-state index contributed by atoms with van der Waals surface area (Å²) >= 11 is 0. The first-order valence-corrected chi connectivity index (χ1v) is 30.3. The van der Waals surface area contributed by atoms with Crippen LogP contribution in [0.3, 0.4) is 0 Å². The minimum Gasteiger partial charge on any atom is -0.462 e. The second-order valence-corrected chi connectivity index (χ2v) is 22.5. The molecule has 0 aliphatic rings. The predicted octanol–water partition coefficient (Wildman–Crippen LogP) is 17.5. The van der Waals surface area contributed by atoms with Crippen molar-refractivity contribution in [3.63, 3.8) is 0 Å². The molecule has 10 heteroatoms. The fourth-order valence-electron chi connectivity index (χ4n) is 8.67. The second kappa shape index (κ2) is 49.0. The Labute approximate surface area is 410 Å². The Morgan fingerprint density at radius 1 is 0.409 bits per heavy atom. The van der Waals surface area contributed by atoms with E-state index in [4.69, 9.17) is 18.5 Å². The number of hydrogen-bond acceptors (Lipinski definition) is 7. The lowest BCUT2D eigenvalue weighted by Crippen LogP contribution is -2.37. The van der Waals surface area contributed by atoms with Crippen LogP contribution in [0.15, 0.2) is 0 Å². The summed E-state index contributed by atoms with van der Waals surface area (Å²) in [5.41, 5.74) is 0. The van der Waals surface area contributed by atoms with Crippen molar-refractivity contribution in [3.05, 3.63) is 0 Å². The number of likely N-dealkylation sites (N-methyl/N-ethyl adjacent to an activating group) is 1. The molecule has 0 saturated carbocycles. The van der Waals surface area contributed by atoms with Crippen LogP contribution < -0.4 is 0 Å². The van der Waals surface area contributed by atoms with Gasteiger partial charge in [0.05, 0.1) is 27.7 Å². The van der Waals surface area contributed by atoms with E-state index in [-0.39, 0.29) is 25.6 Å². The Kier molecular flexibility index (Phi) is 48.3. The molecule has 0 aromatic rings. The van der Waals surface area contributed by atoms with Gasteiger partial charge in [0, 0.05) is 12.8 Å². The van der Waals surface area contributed by atoms with E-state index in [9.17, 15) is 19.0 Å². The van der Waals surface area contributed by atoms with E-state index in [0.29, 0.717) is 17.4 Å². The van der Waals surface area contributed by atoms with Crippen molar-refractivity contribution in [1.82, 2.24) is 0 Å². The van der Waals surface area contributed by atoms with Gasteiger partial charge in [0.2, 0.25) is 0 Å². The smallest absolute Gasteiger partial charge is 0.462 e. The van der Waals surface area contributed by atoms with Gasteiger partial charge in [0.1, 0.15) is 19.8 Å². The Bertz CT molecular complexity index is 1080. The van der Waals surface area contributed by atoms with E-state index >= 15 is 0 Å². The summed E-state index contributed by atoms with van der Waals surface area (Å²) < 4.78 is 34.5. The molecule has 0 aliphatic heterocycles. The van der Waals surface area contributed by atoms with Crippen molar-refractivity contribution in [2.24, 2.45) is 0 Å². The second-order valence-electron chi connectivity index (χ2n) is 21.0. The summed E-state index contributed by atoms with van der Waals surface area (Å²) in [4.78, 5) is 35.5. The number of phosphoric ester groups is 1. The molecule has 0 spiro atoms. The van der Waals surface area contributed by atoms with Crippen LogP contribution in [0.4, 0.5) is 0 Å². The molecule has 0 rings (SSSR count). The predicted molar refractivity (Wildman–Crippen MR) is 280 cm³/mol. The van der Waals surface area contributed by atoms with Crippen LogP contribution in [0.1, 0.15) is 296 Å². The summed E-state index contributed by atoms with van der Waals surface area (Å²) in [6.45, 7) is 4.48. The van der Waals surface area contributed by atoms with Gasteiger partial charge in [0.15, 0.2) is 6.10 Å². The Morgan fingerprint density at radius 2 is 0.682 bits per heavy atom. The summed E-state index contributed by atoms with van der Waals surface area (Å²) in [6.07, 6.45) is 54.7. The molecular formula is C56H113NO8P+. The van der Waals surface area contributed by atoms with Crippen molar-refractivity contribution >= 4 is 19.8 Å². The number of esters is 2. The van der Waals surface area contributed by atoms with E-state index in [0.717, 1.165) is 38.5 Å². The lowest BCUT2D eigenvalue weighted by molar-refractivity contribution is -0.870. The average Bonchev–Trinajstić information content (AvgIpc) is 3.27. The number of ether oxygens (including phenoxy) is 2. The number of quaternary nitrogens is 1. The zero-order chi connectivity index (χ0) is 48.5. The number of carbonyl (C=O) groups excluding carboxylic acids is 2. The fourth-order valence-corrected chi connectivity index (χ4v) is 9.41. The maximum atomic E-state index is 12.8. The van der Waals surface area contributed by atoms with Gasteiger partial charge in [-0.3, -0.25) is 18.6 Å². The molecule has 0 aromatic carbocycles. The van der Waals surface area contributed by atoms with Crippen LogP contribution in [-0.2, 0) is 32.7 Å². The highest BCUT2D eigenvalue weighted by Gasteiger charge is 2.27. The van der Waals surface area contributed by atoms with Gasteiger partial charge >= 0.3 is 19.8 Å². The number of hydrogen-bond donors (Lipinski definition) is 1. The SMILES string of the molecule is CCCCCCCCCCCCCCCCCCCCCCCCCCCCCCCCC(=O)OC(COC(=O)CCCCCCCCCCCCCC)COP(=O)(O)OCC[N+](C)(C)C. The molecule has 2 unspecified atom stereocenters. The fraction of sp³-hybridized carbons (Fsp3) is 0.964. The molecule has 0 bridgehead atoms. The highest BCUT2D eigenvalue weighted by Crippen LogP contribution is 2.43. The number of phosphoric acid groups is 1. The van der Waals surface area contributed by atoms with Crippen molar-refractivity contribution in [1.29, 1.82) is 0 Å². The van der Waals surface area contributed by atoms with Gasteiger partial charge in [-0.1, -0.05) is 271 Å². The van der Waals surface area contributed by atoms with E-state index < -0.39 is 26.5 Å². The Hall–Kier alpha value is -0.990. The van der Waals surface area contributed by atoms with Gasteiger partial charge in [0.25, 0.3) is 0 Å². The number of nitrogens with zero attached hydrogens (tertiary/aromatic N) is 1. The van der Waals surface area contributed by atoms with E-state index in [1.165, 1.54) is 231 Å². The summed E-state index contributed by atoms with van der Waals surface area (Å²) in [6, 6.07) is 0. The maximum absolute atomic E-state index is 12.8. The zero-order valence-electron chi connectivity index (χ0n) is 44.7. The van der Waals surface area contributed by atoms with Crippen molar-refractivity contribution in [3.8, 4) is 0 Å². The molecule has 0 saturated heterocycles. The van der Waals surface area contributed by atoms with Crippen LogP contribution in [-0.4, -0.2) is 74.9 Å². The summed E-state index contributed by atoms with van der Waals surface area (Å²) in [5.74, 6) is -0.778. The van der Waals surface area contributed by atoms with Crippen molar-refractivity contribution in [2.75, 3.05) is 47.5 Å². The third-order valence-electron chi connectivity index (χ3n) is 13.1. The molecule has 0 aromatic heterocycles. The van der Waals surface area contributed by atoms with Gasteiger partial charge in [-0.05, 0) is 12.8 Å². The van der Waals surface area contributed by atoms with Crippen LogP contribution in [0.5, 0.6) is 0 Å². The lowest BCUT2D eigenvalue weighted by atomic mass is 10.0. The number of rotatable bonds is 54. The molecular weight excluding hydrogens is 846 g/mol. The molecule has 1 N–H and O–H groups in total. The van der Waals surface area contributed by atoms with Crippen LogP contribution in [0, 0.1) is 0 Å². The first kappa shape index (κ1) is 65.0. The molecule has 0 amide bonds. The van der Waals surface area contributed by atoms with Crippen molar-refractivity contribution in [2.45, 2.75) is 302 Å². The first-order valence-electron chi connectivity index (χ1n) is 28.8. The maximum Gasteiger partial charge on any atom is 0.472 e. The van der Waals surface area contributed by atoms with Crippen LogP contribution in [0.25, 0.3) is 0 Å². The zero-order valence-corrected chi connectivity index (χ0v) is 45.6. The topological polar surface area (TPSA) is 108 Å². The lowest BCUT2D eigenvalue weighted by Gasteiger charge is -2.24. The Morgan fingerprint density at radius 3 is 0.970 bits per heavy atom. The monoisotopic (exact) mass is 959 g/mol. The minimum absolute atomic E-state index is 0.0372. The largest absolute Gasteiger partial charge is 0.472 e. The third-order valence-corrected chi connectivity index (χ3v) is 14.1. The van der Waals surface area contributed by atoms with Gasteiger partial charge in [-0.15, -0.1) is 0 Å².